The van der Waals surface area contributed by atoms with Crippen molar-refractivity contribution in [2.24, 2.45) is 0 Å². The SMILES string of the molecule is Cc1cc(/C=C2\Sc3ccc4ccccc4c3N2C)cc(C)[n+]1CC1CCCO1.[I-]. The van der Waals surface area contributed by atoms with Gasteiger partial charge in [-0.1, -0.05) is 42.1 Å². The molecule has 0 bridgehead atoms. The molecule has 5 rings (SSSR count). The number of benzene rings is 2. The van der Waals surface area contributed by atoms with E-state index in [1.165, 1.54) is 56.2 Å². The van der Waals surface area contributed by atoms with Gasteiger partial charge in [-0.05, 0) is 35.9 Å². The van der Waals surface area contributed by atoms with Gasteiger partial charge >= 0.3 is 0 Å². The molecule has 2 aliphatic rings. The maximum absolute atomic E-state index is 5.85. The van der Waals surface area contributed by atoms with E-state index >= 15 is 0 Å². The number of ether oxygens (including phenoxy) is 1. The average molecular weight is 530 g/mol. The van der Waals surface area contributed by atoms with Crippen LogP contribution in [0.5, 0.6) is 0 Å². The highest BCUT2D eigenvalue weighted by molar-refractivity contribution is 8.04. The summed E-state index contributed by atoms with van der Waals surface area (Å²) in [5.74, 6) is 0. The van der Waals surface area contributed by atoms with Crippen molar-refractivity contribution < 1.29 is 33.3 Å². The van der Waals surface area contributed by atoms with E-state index in [0.29, 0.717) is 6.10 Å². The summed E-state index contributed by atoms with van der Waals surface area (Å²) in [4.78, 5) is 3.66. The highest BCUT2D eigenvalue weighted by atomic mass is 127. The summed E-state index contributed by atoms with van der Waals surface area (Å²) < 4.78 is 8.24. The molecule has 0 saturated carbocycles. The van der Waals surface area contributed by atoms with E-state index in [9.17, 15) is 0 Å². The van der Waals surface area contributed by atoms with E-state index < -0.39 is 0 Å². The number of nitrogens with zero attached hydrogens (tertiary/aromatic N) is 2. The number of rotatable bonds is 3. The Morgan fingerprint density at radius 3 is 2.63 bits per heavy atom. The van der Waals surface area contributed by atoms with Crippen molar-refractivity contribution in [1.29, 1.82) is 0 Å². The summed E-state index contributed by atoms with van der Waals surface area (Å²) in [6, 6.07) is 17.7. The molecule has 3 nitrogen and oxygen atoms in total. The lowest BCUT2D eigenvalue weighted by Crippen LogP contribution is -3.00. The Labute approximate surface area is 200 Å². The number of fused-ring (bicyclic) bond motifs is 3. The Bertz CT molecular complexity index is 1100. The van der Waals surface area contributed by atoms with Crippen molar-refractivity contribution in [3.05, 3.63) is 70.5 Å². The first-order valence-electron chi connectivity index (χ1n) is 10.4. The summed E-state index contributed by atoms with van der Waals surface area (Å²) in [5.41, 5.74) is 5.16. The van der Waals surface area contributed by atoms with Crippen LogP contribution in [0.3, 0.4) is 0 Å². The smallest absolute Gasteiger partial charge is 0.179 e. The van der Waals surface area contributed by atoms with E-state index in [0.717, 1.165) is 13.2 Å². The molecule has 3 heterocycles. The second kappa shape index (κ2) is 8.89. The standard InChI is InChI=1S/C25H27N2OS.HI/c1-17-13-19(14-18(2)27(17)16-21-8-6-12-28-21)15-24-26(3)25-22-9-5-4-7-20(22)10-11-23(25)29-24;/h4-5,7,9-11,13-15,21H,6,8,12,16H2,1-3H3;1H/q+1;/p-1. The lowest BCUT2D eigenvalue weighted by Gasteiger charge is -2.16. The van der Waals surface area contributed by atoms with Gasteiger partial charge in [-0.25, -0.2) is 0 Å². The van der Waals surface area contributed by atoms with Crippen molar-refractivity contribution in [1.82, 2.24) is 0 Å². The summed E-state index contributed by atoms with van der Waals surface area (Å²) in [6.07, 6.45) is 5.04. The largest absolute Gasteiger partial charge is 1.00 e. The van der Waals surface area contributed by atoms with E-state index in [-0.39, 0.29) is 24.0 Å². The van der Waals surface area contributed by atoms with Gasteiger partial charge in [0, 0.05) is 49.9 Å². The van der Waals surface area contributed by atoms with Crippen LogP contribution in [0.15, 0.2) is 58.5 Å². The maximum atomic E-state index is 5.85. The average Bonchev–Trinajstić information content (AvgIpc) is 3.33. The van der Waals surface area contributed by atoms with Crippen LogP contribution in [0.4, 0.5) is 5.69 Å². The predicted octanol–water partition coefficient (Wildman–Crippen LogP) is 2.47. The van der Waals surface area contributed by atoms with Crippen molar-refractivity contribution >= 4 is 34.3 Å². The van der Waals surface area contributed by atoms with Crippen LogP contribution < -0.4 is 33.4 Å². The van der Waals surface area contributed by atoms with E-state index in [4.69, 9.17) is 4.74 Å². The Morgan fingerprint density at radius 2 is 1.90 bits per heavy atom. The van der Waals surface area contributed by atoms with Crippen molar-refractivity contribution in [3.8, 4) is 0 Å². The molecule has 1 atom stereocenters. The predicted molar refractivity (Wildman–Crippen MR) is 121 cm³/mol. The van der Waals surface area contributed by atoms with Gasteiger partial charge in [0.15, 0.2) is 17.9 Å². The normalized spacial score (nSPS) is 19.4. The minimum atomic E-state index is 0. The van der Waals surface area contributed by atoms with Crippen LogP contribution >= 0.6 is 11.8 Å². The lowest BCUT2D eigenvalue weighted by molar-refractivity contribution is -0.714. The number of anilines is 1. The van der Waals surface area contributed by atoms with Crippen LogP contribution in [-0.4, -0.2) is 19.8 Å². The molecule has 0 radical (unpaired) electrons. The fraction of sp³-hybridized carbons (Fsp3) is 0.320. The fourth-order valence-electron chi connectivity index (χ4n) is 4.54. The van der Waals surface area contributed by atoms with Crippen LogP contribution in [0.2, 0.25) is 0 Å². The Kier molecular flexibility index (Phi) is 6.42. The number of aryl methyl sites for hydroxylation is 2. The molecule has 2 aliphatic heterocycles. The summed E-state index contributed by atoms with van der Waals surface area (Å²) >= 11 is 1.86. The van der Waals surface area contributed by atoms with Gasteiger partial charge in [0.1, 0.15) is 6.10 Å². The van der Waals surface area contributed by atoms with Crippen LogP contribution in [0.25, 0.3) is 16.8 Å². The van der Waals surface area contributed by atoms with E-state index in [1.54, 1.807) is 0 Å². The Morgan fingerprint density at radius 1 is 1.13 bits per heavy atom. The zero-order valence-electron chi connectivity index (χ0n) is 17.7. The highest BCUT2D eigenvalue weighted by Crippen LogP contribution is 2.49. The van der Waals surface area contributed by atoms with Gasteiger partial charge in [0.2, 0.25) is 0 Å². The molecule has 156 valence electrons. The van der Waals surface area contributed by atoms with E-state index in [1.807, 2.05) is 11.8 Å². The molecule has 0 aliphatic carbocycles. The molecule has 0 N–H and O–H groups in total. The zero-order chi connectivity index (χ0) is 20.0. The number of pyridine rings is 1. The molecule has 30 heavy (non-hydrogen) atoms. The monoisotopic (exact) mass is 530 g/mol. The topological polar surface area (TPSA) is 16.4 Å². The molecule has 5 heteroatoms. The highest BCUT2D eigenvalue weighted by Gasteiger charge is 2.26. The molecule has 0 spiro atoms. The van der Waals surface area contributed by atoms with Gasteiger partial charge in [0.05, 0.1) is 10.7 Å². The number of aromatic nitrogens is 1. The second-order valence-corrected chi connectivity index (χ2v) is 9.16. The Balaban J connectivity index is 0.00000218. The second-order valence-electron chi connectivity index (χ2n) is 8.09. The third-order valence-electron chi connectivity index (χ3n) is 6.05. The quantitative estimate of drug-likeness (QED) is 0.383. The first-order valence-corrected chi connectivity index (χ1v) is 11.2. The number of halogens is 1. The fourth-order valence-corrected chi connectivity index (χ4v) is 5.67. The van der Waals surface area contributed by atoms with Crippen molar-refractivity contribution in [2.45, 2.75) is 44.2 Å². The first-order chi connectivity index (χ1) is 14.1. The van der Waals surface area contributed by atoms with Gasteiger partial charge in [-0.2, -0.15) is 4.57 Å². The van der Waals surface area contributed by atoms with Crippen molar-refractivity contribution in [3.63, 3.8) is 0 Å². The molecule has 1 saturated heterocycles. The minimum absolute atomic E-state index is 0. The zero-order valence-corrected chi connectivity index (χ0v) is 20.7. The molecule has 0 amide bonds. The molecular weight excluding hydrogens is 503 g/mol. The van der Waals surface area contributed by atoms with Crippen LogP contribution in [0.1, 0.15) is 29.8 Å². The molecule has 1 fully saturated rings. The number of thioether (sulfide) groups is 1. The van der Waals surface area contributed by atoms with Gasteiger partial charge in [-0.15, -0.1) is 0 Å². The van der Waals surface area contributed by atoms with Crippen LogP contribution in [0, 0.1) is 13.8 Å². The molecule has 1 unspecified atom stereocenters. The molecule has 2 aromatic carbocycles. The lowest BCUT2D eigenvalue weighted by atomic mass is 10.1. The summed E-state index contributed by atoms with van der Waals surface area (Å²) in [6.45, 7) is 6.28. The van der Waals surface area contributed by atoms with E-state index in [2.05, 4.69) is 85.0 Å². The number of hydrogen-bond donors (Lipinski definition) is 0. The summed E-state index contributed by atoms with van der Waals surface area (Å²) in [5, 5.41) is 3.88. The molecular formula is C25H27IN2OS. The molecule has 1 aromatic heterocycles. The third kappa shape index (κ3) is 3.99. The molecule has 3 aromatic rings. The van der Waals surface area contributed by atoms with Crippen LogP contribution in [-0.2, 0) is 11.3 Å². The minimum Gasteiger partial charge on any atom is -1.00 e. The number of hydrogen-bond acceptors (Lipinski definition) is 3. The maximum Gasteiger partial charge on any atom is 0.179 e. The van der Waals surface area contributed by atoms with Gasteiger partial charge in [0.25, 0.3) is 0 Å². The van der Waals surface area contributed by atoms with Crippen molar-refractivity contribution in [2.75, 3.05) is 18.6 Å². The summed E-state index contributed by atoms with van der Waals surface area (Å²) in [7, 11) is 2.18. The Hall–Kier alpha value is -1.57. The third-order valence-corrected chi connectivity index (χ3v) is 7.20. The first kappa shape index (κ1) is 21.7. The van der Waals surface area contributed by atoms with Gasteiger partial charge < -0.3 is 33.6 Å². The van der Waals surface area contributed by atoms with Gasteiger partial charge in [-0.3, -0.25) is 0 Å².